The molecule has 1 aromatic heterocycles. The molecule has 0 bridgehead atoms. The van der Waals surface area contributed by atoms with E-state index in [1.807, 2.05) is 18.4 Å². The molecule has 1 heterocycles. The lowest BCUT2D eigenvalue weighted by Crippen LogP contribution is -1.96. The Kier molecular flexibility index (Phi) is 2.41. The number of aromatic nitrogens is 2. The van der Waals surface area contributed by atoms with E-state index in [-0.39, 0.29) is 0 Å². The summed E-state index contributed by atoms with van der Waals surface area (Å²) < 4.78 is 3.11. The van der Waals surface area contributed by atoms with Crippen molar-refractivity contribution >= 4 is 34.4 Å². The van der Waals surface area contributed by atoms with Gasteiger partial charge < -0.3 is 10.5 Å². The molecule has 2 rings (SSSR count). The molecule has 0 radical (unpaired) electrons. The Morgan fingerprint density at radius 2 is 2.07 bits per heavy atom. The molecule has 0 spiro atoms. The fraction of sp³-hybridized carbons (Fsp3) is 0.111. The van der Waals surface area contributed by atoms with Crippen LogP contribution in [0.2, 0.25) is 0 Å². The number of hydrogen-bond donors (Lipinski definition) is 2. The molecule has 0 amide bonds. The lowest BCUT2D eigenvalue weighted by molar-refractivity contribution is 1.30. The van der Waals surface area contributed by atoms with Crippen molar-refractivity contribution in [2.24, 2.45) is 0 Å². The van der Waals surface area contributed by atoms with Gasteiger partial charge in [-0.15, -0.1) is 0 Å². The summed E-state index contributed by atoms with van der Waals surface area (Å²) in [5.74, 6) is 0. The molecule has 3 N–H and O–H groups in total. The highest BCUT2D eigenvalue weighted by molar-refractivity contribution is 7.99. The molecule has 2 aromatic rings. The standard InChI is InChI=1S/C9H10N4S/c1-14-13-8-6(10)2-3-7-9(8)12-5-4-11-7/h2-5,13H,10H2,1H3. The van der Waals surface area contributed by atoms with Crippen LogP contribution in [0.15, 0.2) is 24.5 Å². The molecule has 14 heavy (non-hydrogen) atoms. The molecule has 0 saturated heterocycles. The first kappa shape index (κ1) is 9.08. The van der Waals surface area contributed by atoms with Crippen molar-refractivity contribution in [1.82, 2.24) is 9.97 Å². The summed E-state index contributed by atoms with van der Waals surface area (Å²) >= 11 is 1.49. The third-order valence-corrected chi connectivity index (χ3v) is 2.29. The molecule has 0 aliphatic heterocycles. The Morgan fingerprint density at radius 1 is 1.29 bits per heavy atom. The van der Waals surface area contributed by atoms with E-state index in [4.69, 9.17) is 5.73 Å². The summed E-state index contributed by atoms with van der Waals surface area (Å²) in [6, 6.07) is 3.69. The molecule has 1 aromatic carbocycles. The van der Waals surface area contributed by atoms with Crippen LogP contribution in [0, 0.1) is 0 Å². The molecular weight excluding hydrogens is 196 g/mol. The molecule has 0 aliphatic rings. The van der Waals surface area contributed by atoms with Gasteiger partial charge in [-0.3, -0.25) is 9.97 Å². The molecule has 0 fully saturated rings. The van der Waals surface area contributed by atoms with Gasteiger partial charge in [0, 0.05) is 18.6 Å². The lowest BCUT2D eigenvalue weighted by atomic mass is 10.2. The van der Waals surface area contributed by atoms with Gasteiger partial charge in [-0.2, -0.15) is 0 Å². The first-order chi connectivity index (χ1) is 6.83. The fourth-order valence-corrected chi connectivity index (χ4v) is 1.68. The molecule has 4 nitrogen and oxygen atoms in total. The van der Waals surface area contributed by atoms with E-state index in [2.05, 4.69) is 14.7 Å². The number of nitrogens with zero attached hydrogens (tertiary/aromatic N) is 2. The summed E-state index contributed by atoms with van der Waals surface area (Å²) in [5, 5.41) is 0. The second-order valence-corrected chi connectivity index (χ2v) is 3.37. The van der Waals surface area contributed by atoms with Crippen molar-refractivity contribution in [2.75, 3.05) is 16.7 Å². The van der Waals surface area contributed by atoms with Crippen LogP contribution >= 0.6 is 11.9 Å². The van der Waals surface area contributed by atoms with E-state index in [1.54, 1.807) is 12.4 Å². The maximum absolute atomic E-state index is 5.83. The number of nitrogens with one attached hydrogen (secondary N) is 1. The fourth-order valence-electron chi connectivity index (χ4n) is 1.26. The van der Waals surface area contributed by atoms with Crippen molar-refractivity contribution < 1.29 is 0 Å². The van der Waals surface area contributed by atoms with Crippen molar-refractivity contribution in [2.45, 2.75) is 0 Å². The molecule has 0 unspecified atom stereocenters. The molecule has 5 heteroatoms. The van der Waals surface area contributed by atoms with Gasteiger partial charge in [0.25, 0.3) is 0 Å². The summed E-state index contributed by atoms with van der Waals surface area (Å²) in [5.41, 5.74) is 9.01. The highest BCUT2D eigenvalue weighted by Crippen LogP contribution is 2.27. The minimum Gasteiger partial charge on any atom is -0.397 e. The van der Waals surface area contributed by atoms with E-state index in [0.717, 1.165) is 16.7 Å². The first-order valence-electron chi connectivity index (χ1n) is 4.11. The van der Waals surface area contributed by atoms with Gasteiger partial charge in [0.15, 0.2) is 0 Å². The lowest BCUT2D eigenvalue weighted by Gasteiger charge is -2.08. The Bertz CT molecular complexity index is 458. The Morgan fingerprint density at radius 3 is 2.86 bits per heavy atom. The highest BCUT2D eigenvalue weighted by atomic mass is 32.2. The summed E-state index contributed by atoms with van der Waals surface area (Å²) in [6.45, 7) is 0. The smallest absolute Gasteiger partial charge is 0.115 e. The van der Waals surface area contributed by atoms with Crippen LogP contribution in [0.5, 0.6) is 0 Å². The summed E-state index contributed by atoms with van der Waals surface area (Å²) in [6.07, 6.45) is 5.27. The van der Waals surface area contributed by atoms with Gasteiger partial charge >= 0.3 is 0 Å². The van der Waals surface area contributed by atoms with E-state index >= 15 is 0 Å². The van der Waals surface area contributed by atoms with Crippen molar-refractivity contribution in [3.05, 3.63) is 24.5 Å². The van der Waals surface area contributed by atoms with Crippen LogP contribution in [0.4, 0.5) is 11.4 Å². The van der Waals surface area contributed by atoms with Crippen LogP contribution < -0.4 is 10.5 Å². The monoisotopic (exact) mass is 206 g/mol. The molecule has 0 atom stereocenters. The van der Waals surface area contributed by atoms with E-state index in [0.29, 0.717) is 5.69 Å². The normalized spacial score (nSPS) is 10.4. The predicted molar refractivity (Wildman–Crippen MR) is 61.1 cm³/mol. The van der Waals surface area contributed by atoms with Crippen LogP contribution in [-0.4, -0.2) is 16.2 Å². The second-order valence-electron chi connectivity index (χ2n) is 2.76. The van der Waals surface area contributed by atoms with Crippen molar-refractivity contribution in [1.29, 1.82) is 0 Å². The van der Waals surface area contributed by atoms with Gasteiger partial charge in [0.2, 0.25) is 0 Å². The van der Waals surface area contributed by atoms with Crippen LogP contribution in [0.3, 0.4) is 0 Å². The van der Waals surface area contributed by atoms with E-state index in [9.17, 15) is 0 Å². The maximum Gasteiger partial charge on any atom is 0.115 e. The van der Waals surface area contributed by atoms with Gasteiger partial charge in [0.05, 0.1) is 16.9 Å². The minimum atomic E-state index is 0.687. The first-order valence-corrected chi connectivity index (χ1v) is 5.33. The topological polar surface area (TPSA) is 63.8 Å². The summed E-state index contributed by atoms with van der Waals surface area (Å²) in [4.78, 5) is 8.44. The number of fused-ring (bicyclic) bond motifs is 1. The zero-order valence-corrected chi connectivity index (χ0v) is 8.51. The molecule has 72 valence electrons. The van der Waals surface area contributed by atoms with Crippen LogP contribution in [0.25, 0.3) is 11.0 Å². The zero-order valence-electron chi connectivity index (χ0n) is 7.69. The van der Waals surface area contributed by atoms with Crippen LogP contribution in [-0.2, 0) is 0 Å². The molecular formula is C9H10N4S. The number of anilines is 2. The maximum atomic E-state index is 5.83. The molecule has 0 saturated carbocycles. The highest BCUT2D eigenvalue weighted by Gasteiger charge is 2.05. The van der Waals surface area contributed by atoms with Crippen molar-refractivity contribution in [3.8, 4) is 0 Å². The predicted octanol–water partition coefficient (Wildman–Crippen LogP) is 1.90. The average Bonchev–Trinajstić information content (AvgIpc) is 2.23. The molecule has 0 aliphatic carbocycles. The average molecular weight is 206 g/mol. The second kappa shape index (κ2) is 3.71. The van der Waals surface area contributed by atoms with Crippen molar-refractivity contribution in [3.63, 3.8) is 0 Å². The van der Waals surface area contributed by atoms with Gasteiger partial charge in [-0.05, 0) is 12.1 Å². The van der Waals surface area contributed by atoms with Crippen LogP contribution in [0.1, 0.15) is 0 Å². The number of hydrogen-bond acceptors (Lipinski definition) is 5. The van der Waals surface area contributed by atoms with E-state index < -0.39 is 0 Å². The Labute approximate surface area is 86.1 Å². The Hall–Kier alpha value is -1.49. The number of nitrogen functional groups attached to an aromatic ring is 1. The summed E-state index contributed by atoms with van der Waals surface area (Å²) in [7, 11) is 0. The number of benzene rings is 1. The third-order valence-electron chi connectivity index (χ3n) is 1.88. The largest absolute Gasteiger partial charge is 0.397 e. The quantitative estimate of drug-likeness (QED) is 0.580. The van der Waals surface area contributed by atoms with E-state index in [1.165, 1.54) is 11.9 Å². The van der Waals surface area contributed by atoms with Gasteiger partial charge in [0.1, 0.15) is 5.52 Å². The SMILES string of the molecule is CSNc1c(N)ccc2nccnc12. The zero-order chi connectivity index (χ0) is 9.97. The minimum absolute atomic E-state index is 0.687. The number of rotatable bonds is 2. The Balaban J connectivity index is 2.69. The third kappa shape index (κ3) is 1.46. The van der Waals surface area contributed by atoms with Gasteiger partial charge in [-0.1, -0.05) is 11.9 Å². The number of nitrogens with two attached hydrogens (primary N) is 1. The van der Waals surface area contributed by atoms with Gasteiger partial charge in [-0.25, -0.2) is 0 Å².